The molecule has 0 atom stereocenters. The summed E-state index contributed by atoms with van der Waals surface area (Å²) in [6, 6.07) is 16.2. The molecule has 0 radical (unpaired) electrons. The van der Waals surface area contributed by atoms with Crippen molar-refractivity contribution in [1.29, 1.82) is 0 Å². The van der Waals surface area contributed by atoms with Gasteiger partial charge in [-0.2, -0.15) is 0 Å². The molecule has 0 aliphatic heterocycles. The highest BCUT2D eigenvalue weighted by Crippen LogP contribution is 2.22. The summed E-state index contributed by atoms with van der Waals surface area (Å²) < 4.78 is 0. The number of hydrogen-bond acceptors (Lipinski definition) is 2. The Hall–Kier alpha value is -2.68. The minimum Gasteiger partial charge on any atom is -0.352 e. The zero-order chi connectivity index (χ0) is 17.1. The van der Waals surface area contributed by atoms with Gasteiger partial charge in [-0.1, -0.05) is 42.5 Å². The van der Waals surface area contributed by atoms with Crippen molar-refractivity contribution in [2.75, 3.05) is 0 Å². The van der Waals surface area contributed by atoms with E-state index in [9.17, 15) is 4.79 Å². The van der Waals surface area contributed by atoms with Crippen LogP contribution in [0.1, 0.15) is 27.9 Å². The van der Waals surface area contributed by atoms with Crippen LogP contribution in [0, 0.1) is 20.8 Å². The lowest BCUT2D eigenvalue weighted by Crippen LogP contribution is -2.25. The van der Waals surface area contributed by atoms with Gasteiger partial charge < -0.3 is 5.32 Å². The molecule has 0 fully saturated rings. The number of carbonyl (C=O) groups excluding carboxylic acids is 1. The van der Waals surface area contributed by atoms with Crippen LogP contribution in [0.15, 0.2) is 48.5 Å². The zero-order valence-corrected chi connectivity index (χ0v) is 14.4. The molecule has 0 spiro atoms. The third kappa shape index (κ3) is 3.30. The van der Waals surface area contributed by atoms with E-state index >= 15 is 0 Å². The molecule has 1 aromatic heterocycles. The highest BCUT2D eigenvalue weighted by Gasteiger charge is 2.13. The van der Waals surface area contributed by atoms with Crippen molar-refractivity contribution in [3.8, 4) is 0 Å². The Labute approximate surface area is 142 Å². The second kappa shape index (κ2) is 6.83. The van der Waals surface area contributed by atoms with E-state index in [1.165, 1.54) is 5.56 Å². The quantitative estimate of drug-likeness (QED) is 0.789. The smallest absolute Gasteiger partial charge is 0.224 e. The van der Waals surface area contributed by atoms with Gasteiger partial charge in [-0.3, -0.25) is 9.78 Å². The fourth-order valence-electron chi connectivity index (χ4n) is 3.06. The van der Waals surface area contributed by atoms with Crippen LogP contribution in [0.5, 0.6) is 0 Å². The van der Waals surface area contributed by atoms with Gasteiger partial charge in [0.15, 0.2) is 0 Å². The standard InChI is InChI=1S/C21H22N2O/c1-14-8-4-5-9-17(14)13-22-21(24)12-19-15(2)18-10-6-7-11-20(18)23-16(19)3/h4-11H,12-13H2,1-3H3,(H,22,24). The van der Waals surface area contributed by atoms with Crippen LogP contribution in [0.3, 0.4) is 0 Å². The van der Waals surface area contributed by atoms with Crippen molar-refractivity contribution in [3.63, 3.8) is 0 Å². The number of nitrogens with one attached hydrogen (secondary N) is 1. The summed E-state index contributed by atoms with van der Waals surface area (Å²) >= 11 is 0. The normalized spacial score (nSPS) is 10.8. The second-order valence-electron chi connectivity index (χ2n) is 6.20. The monoisotopic (exact) mass is 318 g/mol. The van der Waals surface area contributed by atoms with E-state index in [4.69, 9.17) is 0 Å². The van der Waals surface area contributed by atoms with Gasteiger partial charge in [-0.05, 0) is 49.1 Å². The van der Waals surface area contributed by atoms with Gasteiger partial charge >= 0.3 is 0 Å². The summed E-state index contributed by atoms with van der Waals surface area (Å²) in [6.45, 7) is 6.66. The van der Waals surface area contributed by atoms with Gasteiger partial charge in [0.1, 0.15) is 0 Å². The number of rotatable bonds is 4. The molecule has 1 heterocycles. The zero-order valence-electron chi connectivity index (χ0n) is 14.4. The number of carbonyl (C=O) groups is 1. The predicted molar refractivity (Wildman–Crippen MR) is 97.9 cm³/mol. The maximum Gasteiger partial charge on any atom is 0.224 e. The van der Waals surface area contributed by atoms with E-state index in [2.05, 4.69) is 36.3 Å². The third-order valence-corrected chi connectivity index (χ3v) is 4.56. The van der Waals surface area contributed by atoms with E-state index in [1.54, 1.807) is 0 Å². The second-order valence-corrected chi connectivity index (χ2v) is 6.20. The molecule has 3 rings (SSSR count). The van der Waals surface area contributed by atoms with E-state index in [1.807, 2.05) is 43.3 Å². The van der Waals surface area contributed by atoms with Crippen LogP contribution < -0.4 is 5.32 Å². The molecular weight excluding hydrogens is 296 g/mol. The van der Waals surface area contributed by atoms with Crippen molar-refractivity contribution in [1.82, 2.24) is 10.3 Å². The molecule has 0 saturated carbocycles. The predicted octanol–water partition coefficient (Wildman–Crippen LogP) is 4.02. The number of nitrogens with zero attached hydrogens (tertiary/aromatic N) is 1. The molecule has 122 valence electrons. The molecule has 3 heteroatoms. The van der Waals surface area contributed by atoms with Gasteiger partial charge in [-0.15, -0.1) is 0 Å². The molecule has 1 N–H and O–H groups in total. The summed E-state index contributed by atoms with van der Waals surface area (Å²) in [5, 5.41) is 4.14. The van der Waals surface area contributed by atoms with Gasteiger partial charge in [-0.25, -0.2) is 0 Å². The topological polar surface area (TPSA) is 42.0 Å². The number of aryl methyl sites for hydroxylation is 3. The molecule has 3 aromatic rings. The highest BCUT2D eigenvalue weighted by atomic mass is 16.1. The first kappa shape index (κ1) is 16.2. The average Bonchev–Trinajstić information content (AvgIpc) is 2.58. The summed E-state index contributed by atoms with van der Waals surface area (Å²) in [5.74, 6) is 0.0292. The molecule has 0 bridgehead atoms. The maximum atomic E-state index is 12.4. The summed E-state index contributed by atoms with van der Waals surface area (Å²) in [5.41, 5.74) is 6.42. The van der Waals surface area contributed by atoms with E-state index in [0.29, 0.717) is 13.0 Å². The molecule has 24 heavy (non-hydrogen) atoms. The number of amides is 1. The first-order valence-corrected chi connectivity index (χ1v) is 8.22. The minimum atomic E-state index is 0.0292. The summed E-state index contributed by atoms with van der Waals surface area (Å²) in [4.78, 5) is 17.0. The van der Waals surface area contributed by atoms with Crippen molar-refractivity contribution in [2.24, 2.45) is 0 Å². The highest BCUT2D eigenvalue weighted by molar-refractivity contribution is 5.86. The lowest BCUT2D eigenvalue weighted by molar-refractivity contribution is -0.120. The van der Waals surface area contributed by atoms with Crippen molar-refractivity contribution in [2.45, 2.75) is 33.7 Å². The lowest BCUT2D eigenvalue weighted by atomic mass is 9.99. The molecule has 2 aromatic carbocycles. The molecule has 0 aliphatic carbocycles. The number of hydrogen-bond donors (Lipinski definition) is 1. The van der Waals surface area contributed by atoms with Crippen LogP contribution in [0.4, 0.5) is 0 Å². The van der Waals surface area contributed by atoms with E-state index in [0.717, 1.165) is 33.3 Å². The van der Waals surface area contributed by atoms with Gasteiger partial charge in [0.05, 0.1) is 11.9 Å². The van der Waals surface area contributed by atoms with Crippen LogP contribution in [-0.4, -0.2) is 10.9 Å². The van der Waals surface area contributed by atoms with Gasteiger partial charge in [0.2, 0.25) is 5.91 Å². The van der Waals surface area contributed by atoms with Crippen LogP contribution in [0.2, 0.25) is 0 Å². The number of benzene rings is 2. The fourth-order valence-corrected chi connectivity index (χ4v) is 3.06. The van der Waals surface area contributed by atoms with Crippen molar-refractivity contribution in [3.05, 3.63) is 76.5 Å². The molecule has 0 unspecified atom stereocenters. The molecule has 0 aliphatic rings. The Morgan fingerprint density at radius 1 is 1.00 bits per heavy atom. The van der Waals surface area contributed by atoms with E-state index < -0.39 is 0 Å². The lowest BCUT2D eigenvalue weighted by Gasteiger charge is -2.13. The van der Waals surface area contributed by atoms with Crippen LogP contribution in [-0.2, 0) is 17.8 Å². The van der Waals surface area contributed by atoms with Gasteiger partial charge in [0.25, 0.3) is 0 Å². The Kier molecular flexibility index (Phi) is 4.61. The molecular formula is C21H22N2O. The SMILES string of the molecule is Cc1ccccc1CNC(=O)Cc1c(C)nc2ccccc2c1C. The van der Waals surface area contributed by atoms with Gasteiger partial charge in [0, 0.05) is 17.6 Å². The third-order valence-electron chi connectivity index (χ3n) is 4.56. The minimum absolute atomic E-state index is 0.0292. The number of para-hydroxylation sites is 1. The average molecular weight is 318 g/mol. The molecule has 3 nitrogen and oxygen atoms in total. The fraction of sp³-hybridized carbons (Fsp3) is 0.238. The number of pyridine rings is 1. The summed E-state index contributed by atoms with van der Waals surface area (Å²) in [6.07, 6.45) is 0.362. The van der Waals surface area contributed by atoms with Crippen molar-refractivity contribution < 1.29 is 4.79 Å². The first-order valence-electron chi connectivity index (χ1n) is 8.22. The number of fused-ring (bicyclic) bond motifs is 1. The number of aromatic nitrogens is 1. The van der Waals surface area contributed by atoms with Crippen LogP contribution in [0.25, 0.3) is 10.9 Å². The molecule has 1 amide bonds. The Bertz CT molecular complexity index is 899. The largest absolute Gasteiger partial charge is 0.352 e. The Morgan fingerprint density at radius 3 is 2.50 bits per heavy atom. The van der Waals surface area contributed by atoms with E-state index in [-0.39, 0.29) is 5.91 Å². The van der Waals surface area contributed by atoms with Crippen molar-refractivity contribution >= 4 is 16.8 Å². The van der Waals surface area contributed by atoms with Crippen LogP contribution >= 0.6 is 0 Å². The maximum absolute atomic E-state index is 12.4. The Morgan fingerprint density at radius 2 is 1.71 bits per heavy atom. The Balaban J connectivity index is 1.77. The molecule has 0 saturated heterocycles. The first-order chi connectivity index (χ1) is 11.6. The summed E-state index contributed by atoms with van der Waals surface area (Å²) in [7, 11) is 0.